The molecule has 88 valence electrons. The zero-order valence-electron chi connectivity index (χ0n) is 10.1. The Morgan fingerprint density at radius 2 is 2.20 bits per heavy atom. The minimum absolute atomic E-state index is 0.0540. The summed E-state index contributed by atoms with van der Waals surface area (Å²) in [5.74, 6) is -0.0540. The highest BCUT2D eigenvalue weighted by Gasteiger charge is 2.23. The molecule has 0 aliphatic heterocycles. The average molecular weight is 214 g/mol. The Balaban J connectivity index is 4.13. The van der Waals surface area contributed by atoms with Crippen molar-refractivity contribution in [1.82, 2.24) is 10.2 Å². The lowest BCUT2D eigenvalue weighted by molar-refractivity contribution is -0.126. The Morgan fingerprint density at radius 1 is 1.67 bits per heavy atom. The molecule has 15 heavy (non-hydrogen) atoms. The molecule has 0 radical (unpaired) electrons. The zero-order valence-corrected chi connectivity index (χ0v) is 10.1. The van der Waals surface area contributed by atoms with Crippen LogP contribution >= 0.6 is 0 Å². The summed E-state index contributed by atoms with van der Waals surface area (Å²) in [4.78, 5) is 13.4. The minimum atomic E-state index is -0.790. The molecule has 0 fully saturated rings. The average Bonchev–Trinajstić information content (AvgIpc) is 2.10. The normalized spacial score (nSPS) is 13.7. The van der Waals surface area contributed by atoms with E-state index in [0.717, 1.165) is 0 Å². The predicted molar refractivity (Wildman–Crippen MR) is 61.6 cm³/mol. The van der Waals surface area contributed by atoms with Crippen molar-refractivity contribution in [3.05, 3.63) is 12.7 Å². The topological polar surface area (TPSA) is 52.6 Å². The highest BCUT2D eigenvalue weighted by molar-refractivity contribution is 5.81. The lowest BCUT2D eigenvalue weighted by Crippen LogP contribution is -2.48. The van der Waals surface area contributed by atoms with E-state index in [2.05, 4.69) is 11.9 Å². The molecule has 4 nitrogen and oxygen atoms in total. The van der Waals surface area contributed by atoms with E-state index in [1.165, 1.54) is 0 Å². The maximum atomic E-state index is 11.5. The summed E-state index contributed by atoms with van der Waals surface area (Å²) in [6.07, 6.45) is 1.64. The third kappa shape index (κ3) is 6.25. The van der Waals surface area contributed by atoms with E-state index in [1.54, 1.807) is 19.9 Å². The van der Waals surface area contributed by atoms with Crippen LogP contribution in [0.4, 0.5) is 0 Å². The summed E-state index contributed by atoms with van der Waals surface area (Å²) >= 11 is 0. The molecule has 1 atom stereocenters. The number of carbonyl (C=O) groups excluding carboxylic acids is 1. The molecule has 1 amide bonds. The molecule has 0 saturated heterocycles. The maximum absolute atomic E-state index is 11.5. The van der Waals surface area contributed by atoms with Gasteiger partial charge in [-0.15, -0.1) is 6.58 Å². The first-order chi connectivity index (χ1) is 6.78. The number of hydrogen-bond donors (Lipinski definition) is 2. The Bertz CT molecular complexity index is 221. The Hall–Kier alpha value is -0.870. The van der Waals surface area contributed by atoms with Crippen LogP contribution in [0.2, 0.25) is 0 Å². The third-order valence-corrected chi connectivity index (χ3v) is 2.10. The van der Waals surface area contributed by atoms with Crippen molar-refractivity contribution in [2.75, 3.05) is 20.1 Å². The van der Waals surface area contributed by atoms with Crippen LogP contribution in [0.15, 0.2) is 12.7 Å². The highest BCUT2D eigenvalue weighted by atomic mass is 16.3. The lowest BCUT2D eigenvalue weighted by Gasteiger charge is -2.29. The van der Waals surface area contributed by atoms with E-state index in [1.807, 2.05) is 18.9 Å². The first kappa shape index (κ1) is 14.1. The van der Waals surface area contributed by atoms with Crippen molar-refractivity contribution >= 4 is 5.91 Å². The maximum Gasteiger partial charge on any atom is 0.237 e. The Morgan fingerprint density at radius 3 is 2.60 bits per heavy atom. The summed E-state index contributed by atoms with van der Waals surface area (Å²) in [6, 6.07) is -0.253. The number of rotatable bonds is 6. The minimum Gasteiger partial charge on any atom is -0.389 e. The van der Waals surface area contributed by atoms with E-state index in [0.29, 0.717) is 13.1 Å². The summed E-state index contributed by atoms with van der Waals surface area (Å²) in [6.45, 7) is 9.70. The summed E-state index contributed by atoms with van der Waals surface area (Å²) in [7, 11) is 1.82. The van der Waals surface area contributed by atoms with Crippen molar-refractivity contribution in [2.24, 2.45) is 0 Å². The third-order valence-electron chi connectivity index (χ3n) is 2.10. The first-order valence-electron chi connectivity index (χ1n) is 5.09. The molecule has 0 rings (SSSR count). The SMILES string of the molecule is C=CCNC(=O)C(C)N(C)CC(C)(C)O. The van der Waals surface area contributed by atoms with Gasteiger partial charge >= 0.3 is 0 Å². The van der Waals surface area contributed by atoms with Gasteiger partial charge in [0.15, 0.2) is 0 Å². The molecule has 0 bridgehead atoms. The van der Waals surface area contributed by atoms with Gasteiger partial charge in [-0.1, -0.05) is 6.08 Å². The molecule has 0 aliphatic carbocycles. The predicted octanol–water partition coefficient (Wildman–Crippen LogP) is 0.380. The van der Waals surface area contributed by atoms with Gasteiger partial charge in [-0.25, -0.2) is 0 Å². The van der Waals surface area contributed by atoms with Gasteiger partial charge in [-0.05, 0) is 27.8 Å². The van der Waals surface area contributed by atoms with Gasteiger partial charge in [-0.3, -0.25) is 9.69 Å². The second-order valence-corrected chi connectivity index (χ2v) is 4.44. The van der Waals surface area contributed by atoms with Crippen LogP contribution in [-0.2, 0) is 4.79 Å². The van der Waals surface area contributed by atoms with Crippen molar-refractivity contribution < 1.29 is 9.90 Å². The molecule has 4 heteroatoms. The zero-order chi connectivity index (χ0) is 12.1. The van der Waals surface area contributed by atoms with Crippen molar-refractivity contribution in [2.45, 2.75) is 32.4 Å². The van der Waals surface area contributed by atoms with Gasteiger partial charge in [0.2, 0.25) is 5.91 Å². The Kier molecular flexibility index (Phi) is 5.54. The van der Waals surface area contributed by atoms with Gasteiger partial charge in [0.25, 0.3) is 0 Å². The number of hydrogen-bond acceptors (Lipinski definition) is 3. The van der Waals surface area contributed by atoms with Crippen LogP contribution in [0.1, 0.15) is 20.8 Å². The number of aliphatic hydroxyl groups is 1. The van der Waals surface area contributed by atoms with Crippen LogP contribution in [0, 0.1) is 0 Å². The van der Waals surface area contributed by atoms with E-state index in [-0.39, 0.29) is 11.9 Å². The quantitative estimate of drug-likeness (QED) is 0.629. The van der Waals surface area contributed by atoms with Gasteiger partial charge in [0.1, 0.15) is 0 Å². The second kappa shape index (κ2) is 5.88. The van der Waals surface area contributed by atoms with E-state index in [4.69, 9.17) is 0 Å². The molecule has 0 heterocycles. The first-order valence-corrected chi connectivity index (χ1v) is 5.09. The fourth-order valence-electron chi connectivity index (χ4n) is 1.27. The summed E-state index contributed by atoms with van der Waals surface area (Å²) < 4.78 is 0. The molecule has 0 saturated carbocycles. The van der Waals surface area contributed by atoms with E-state index < -0.39 is 5.60 Å². The molecule has 0 aromatic carbocycles. The standard InChI is InChI=1S/C11H22N2O2/c1-6-7-12-10(14)9(2)13(5)8-11(3,4)15/h6,9,15H,1,7-8H2,2-5H3,(H,12,14). The van der Waals surface area contributed by atoms with E-state index in [9.17, 15) is 9.90 Å². The van der Waals surface area contributed by atoms with Crippen molar-refractivity contribution in [3.63, 3.8) is 0 Å². The second-order valence-electron chi connectivity index (χ2n) is 4.44. The fraction of sp³-hybridized carbons (Fsp3) is 0.727. The van der Waals surface area contributed by atoms with Crippen LogP contribution in [0.3, 0.4) is 0 Å². The Labute approximate surface area is 92.0 Å². The lowest BCUT2D eigenvalue weighted by atomic mass is 10.1. The van der Waals surface area contributed by atoms with Crippen LogP contribution in [0.5, 0.6) is 0 Å². The molecule has 2 N–H and O–H groups in total. The summed E-state index contributed by atoms with van der Waals surface area (Å²) in [5, 5.41) is 12.3. The number of likely N-dealkylation sites (N-methyl/N-ethyl adjacent to an activating group) is 1. The van der Waals surface area contributed by atoms with Crippen LogP contribution < -0.4 is 5.32 Å². The number of carbonyl (C=O) groups is 1. The number of nitrogens with one attached hydrogen (secondary N) is 1. The largest absolute Gasteiger partial charge is 0.389 e. The number of nitrogens with zero attached hydrogens (tertiary/aromatic N) is 1. The molecule has 0 aromatic rings. The molecule has 0 aromatic heterocycles. The van der Waals surface area contributed by atoms with Gasteiger partial charge in [0, 0.05) is 13.1 Å². The molecular weight excluding hydrogens is 192 g/mol. The monoisotopic (exact) mass is 214 g/mol. The fourth-order valence-corrected chi connectivity index (χ4v) is 1.27. The highest BCUT2D eigenvalue weighted by Crippen LogP contribution is 2.06. The van der Waals surface area contributed by atoms with Crippen LogP contribution in [-0.4, -0.2) is 47.7 Å². The van der Waals surface area contributed by atoms with Crippen LogP contribution in [0.25, 0.3) is 0 Å². The van der Waals surface area contributed by atoms with Gasteiger partial charge < -0.3 is 10.4 Å². The van der Waals surface area contributed by atoms with Gasteiger partial charge in [0.05, 0.1) is 11.6 Å². The van der Waals surface area contributed by atoms with Gasteiger partial charge in [-0.2, -0.15) is 0 Å². The molecule has 0 aliphatic rings. The van der Waals surface area contributed by atoms with Crippen molar-refractivity contribution in [3.8, 4) is 0 Å². The number of amides is 1. The molecular formula is C11H22N2O2. The smallest absolute Gasteiger partial charge is 0.237 e. The molecule has 1 unspecified atom stereocenters. The van der Waals surface area contributed by atoms with Crippen molar-refractivity contribution in [1.29, 1.82) is 0 Å². The summed E-state index contributed by atoms with van der Waals surface area (Å²) in [5.41, 5.74) is -0.790. The van der Waals surface area contributed by atoms with E-state index >= 15 is 0 Å². The molecule has 0 spiro atoms.